The van der Waals surface area contributed by atoms with E-state index >= 15 is 0 Å². The van der Waals surface area contributed by atoms with Crippen molar-refractivity contribution < 1.29 is 4.70 Å². The van der Waals surface area contributed by atoms with Crippen LogP contribution in [0.1, 0.15) is 38.9 Å². The van der Waals surface area contributed by atoms with Gasteiger partial charge in [-0.1, -0.05) is 34.0 Å². The number of rotatable bonds is 3. The van der Waals surface area contributed by atoms with Crippen molar-refractivity contribution >= 4 is 17.2 Å². The van der Waals surface area contributed by atoms with Crippen molar-refractivity contribution in [3.05, 3.63) is 93.5 Å². The molecule has 1 aliphatic rings. The molecule has 0 bridgehead atoms. The minimum Gasteiger partial charge on any atom is -0.201 e. The Balaban J connectivity index is 1.86. The Labute approximate surface area is 179 Å². The van der Waals surface area contributed by atoms with Crippen molar-refractivity contribution in [1.29, 1.82) is 0 Å². The Bertz CT molecular complexity index is 1130. The third-order valence-electron chi connectivity index (χ3n) is 5.19. The van der Waals surface area contributed by atoms with Gasteiger partial charge in [-0.05, 0) is 88.1 Å². The fourth-order valence-electron chi connectivity index (χ4n) is 4.14. The maximum atomic E-state index is 4.95. The first kappa shape index (κ1) is 20.0. The highest BCUT2D eigenvalue weighted by molar-refractivity contribution is 6.00. The Hall–Kier alpha value is -3.27. The molecule has 0 aliphatic carbocycles. The molecule has 0 aromatic heterocycles. The number of azo groups is 2. The molecule has 0 saturated carbocycles. The number of benzene rings is 3. The number of aryl methyl sites for hydroxylation is 6. The standard InChI is InChI=1S/C26H29N4/c1-17-7-18(2)11-23(10-17)26-27-29(24-12-19(3)8-20(4)13-24)16-30(28-26)25-14-21(5)9-22(6)15-25/h7-15H,16H2,1-6H3/q+1. The molecule has 0 fully saturated rings. The number of hydrogen-bond donors (Lipinski definition) is 0. The highest BCUT2D eigenvalue weighted by Crippen LogP contribution is 2.26. The van der Waals surface area contributed by atoms with Crippen molar-refractivity contribution in [2.75, 3.05) is 11.7 Å². The molecule has 0 amide bonds. The zero-order valence-corrected chi connectivity index (χ0v) is 18.7. The molecule has 0 saturated heterocycles. The van der Waals surface area contributed by atoms with Gasteiger partial charge >= 0.3 is 0 Å². The van der Waals surface area contributed by atoms with Crippen LogP contribution >= 0.6 is 0 Å². The van der Waals surface area contributed by atoms with Crippen molar-refractivity contribution in [1.82, 2.24) is 0 Å². The third-order valence-corrected chi connectivity index (χ3v) is 5.19. The summed E-state index contributed by atoms with van der Waals surface area (Å²) in [6, 6.07) is 19.6. The molecule has 0 N–H and O–H groups in total. The van der Waals surface area contributed by atoms with Crippen LogP contribution in [-0.2, 0) is 0 Å². The van der Waals surface area contributed by atoms with Gasteiger partial charge in [-0.3, -0.25) is 0 Å². The van der Waals surface area contributed by atoms with E-state index in [1.54, 1.807) is 0 Å². The SMILES string of the molecule is Cc1cc(C)cc(C2=NN(c3cc(C)cc(C)c3)C[N+](c3cc(C)cc(C)c3)=N2)c1. The number of hydrazone groups is 1. The van der Waals surface area contributed by atoms with E-state index in [1.165, 1.54) is 33.4 Å². The van der Waals surface area contributed by atoms with Gasteiger partial charge in [-0.25, -0.2) is 5.01 Å². The topological polar surface area (TPSA) is 31.0 Å². The van der Waals surface area contributed by atoms with E-state index in [0.29, 0.717) is 6.67 Å². The van der Waals surface area contributed by atoms with Crippen molar-refractivity contribution in [3.8, 4) is 0 Å². The monoisotopic (exact) mass is 397 g/mol. The fourth-order valence-corrected chi connectivity index (χ4v) is 4.14. The van der Waals surface area contributed by atoms with Crippen LogP contribution in [0.25, 0.3) is 0 Å². The van der Waals surface area contributed by atoms with Crippen LogP contribution in [0, 0.1) is 41.5 Å². The molecule has 4 rings (SSSR count). The van der Waals surface area contributed by atoms with Crippen LogP contribution in [0.5, 0.6) is 0 Å². The number of anilines is 1. The first-order chi connectivity index (χ1) is 14.3. The van der Waals surface area contributed by atoms with E-state index in [1.807, 2.05) is 0 Å². The predicted molar refractivity (Wildman–Crippen MR) is 124 cm³/mol. The molecule has 3 aromatic carbocycles. The molecule has 152 valence electrons. The molecule has 0 atom stereocenters. The van der Waals surface area contributed by atoms with Crippen molar-refractivity contribution in [3.63, 3.8) is 0 Å². The highest BCUT2D eigenvalue weighted by atomic mass is 15.6. The Morgan fingerprint density at radius 3 is 1.63 bits per heavy atom. The predicted octanol–water partition coefficient (Wildman–Crippen LogP) is 6.47. The minimum atomic E-state index is 0.570. The second-order valence-electron chi connectivity index (χ2n) is 8.53. The lowest BCUT2D eigenvalue weighted by Gasteiger charge is -2.21. The molecular weight excluding hydrogens is 368 g/mol. The summed E-state index contributed by atoms with van der Waals surface area (Å²) < 4.78 is 2.05. The summed E-state index contributed by atoms with van der Waals surface area (Å²) in [6.45, 7) is 13.3. The summed E-state index contributed by atoms with van der Waals surface area (Å²) in [5.74, 6) is 0.728. The molecule has 0 spiro atoms. The lowest BCUT2D eigenvalue weighted by atomic mass is 10.1. The van der Waals surface area contributed by atoms with E-state index in [-0.39, 0.29) is 0 Å². The molecule has 0 unspecified atom stereocenters. The van der Waals surface area contributed by atoms with Crippen LogP contribution in [-0.4, -0.2) is 17.2 Å². The summed E-state index contributed by atoms with van der Waals surface area (Å²) >= 11 is 0. The maximum absolute atomic E-state index is 4.95. The average Bonchev–Trinajstić information content (AvgIpc) is 2.65. The van der Waals surface area contributed by atoms with Crippen LogP contribution < -0.4 is 5.01 Å². The van der Waals surface area contributed by atoms with E-state index in [2.05, 4.69) is 106 Å². The van der Waals surface area contributed by atoms with Crippen LogP contribution in [0.4, 0.5) is 11.4 Å². The fraction of sp³-hybridized carbons (Fsp3) is 0.269. The Morgan fingerprint density at radius 2 is 1.10 bits per heavy atom. The molecule has 1 heterocycles. The molecule has 1 aliphatic heterocycles. The van der Waals surface area contributed by atoms with Gasteiger partial charge in [-0.2, -0.15) is 0 Å². The van der Waals surface area contributed by atoms with Gasteiger partial charge in [0.1, 0.15) is 0 Å². The minimum absolute atomic E-state index is 0.570. The number of amidine groups is 1. The normalized spacial score (nSPS) is 13.9. The van der Waals surface area contributed by atoms with Gasteiger partial charge in [0.15, 0.2) is 0 Å². The summed E-state index contributed by atoms with van der Waals surface area (Å²) in [5, 5.41) is 12.0. The van der Waals surface area contributed by atoms with E-state index in [4.69, 9.17) is 10.2 Å². The largest absolute Gasteiger partial charge is 0.269 e. The van der Waals surface area contributed by atoms with Gasteiger partial charge in [-0.15, -0.1) is 5.10 Å². The van der Waals surface area contributed by atoms with Gasteiger partial charge in [0.2, 0.25) is 11.5 Å². The quantitative estimate of drug-likeness (QED) is 0.466. The lowest BCUT2D eigenvalue weighted by Crippen LogP contribution is -2.31. The molecule has 30 heavy (non-hydrogen) atoms. The Kier molecular flexibility index (Phi) is 5.25. The average molecular weight is 398 g/mol. The van der Waals surface area contributed by atoms with E-state index < -0.39 is 0 Å². The highest BCUT2D eigenvalue weighted by Gasteiger charge is 2.26. The summed E-state index contributed by atoms with van der Waals surface area (Å²) in [5.41, 5.74) is 10.5. The lowest BCUT2D eigenvalue weighted by molar-refractivity contribution is -0.508. The molecule has 4 nitrogen and oxygen atoms in total. The van der Waals surface area contributed by atoms with Gasteiger partial charge in [0, 0.05) is 22.8 Å². The zero-order valence-electron chi connectivity index (χ0n) is 18.7. The van der Waals surface area contributed by atoms with Crippen molar-refractivity contribution in [2.24, 2.45) is 10.2 Å². The smallest absolute Gasteiger partial charge is 0.201 e. The van der Waals surface area contributed by atoms with Crippen LogP contribution in [0.2, 0.25) is 0 Å². The van der Waals surface area contributed by atoms with Crippen LogP contribution in [0.3, 0.4) is 0 Å². The van der Waals surface area contributed by atoms with E-state index in [0.717, 1.165) is 22.8 Å². The summed E-state index contributed by atoms with van der Waals surface area (Å²) in [7, 11) is 0. The first-order valence-corrected chi connectivity index (χ1v) is 10.4. The summed E-state index contributed by atoms with van der Waals surface area (Å²) in [4.78, 5) is 0. The maximum Gasteiger partial charge on any atom is 0.269 e. The Morgan fingerprint density at radius 1 is 0.633 bits per heavy atom. The zero-order chi connectivity index (χ0) is 21.4. The number of nitrogens with zero attached hydrogens (tertiary/aromatic N) is 4. The first-order valence-electron chi connectivity index (χ1n) is 10.4. The van der Waals surface area contributed by atoms with Crippen LogP contribution in [0.15, 0.2) is 64.8 Å². The van der Waals surface area contributed by atoms with E-state index in [9.17, 15) is 0 Å². The summed E-state index contributed by atoms with van der Waals surface area (Å²) in [6.07, 6.45) is 0. The van der Waals surface area contributed by atoms with Crippen molar-refractivity contribution in [2.45, 2.75) is 41.5 Å². The third kappa shape index (κ3) is 4.33. The molecular formula is C26H29N4+. The second-order valence-corrected chi connectivity index (χ2v) is 8.53. The molecule has 3 aromatic rings. The second kappa shape index (κ2) is 7.86. The molecule has 0 radical (unpaired) electrons. The molecule has 4 heteroatoms. The number of hydrogen-bond acceptors (Lipinski definition) is 3. The van der Waals surface area contributed by atoms with Gasteiger partial charge < -0.3 is 0 Å². The van der Waals surface area contributed by atoms with Gasteiger partial charge in [0.25, 0.3) is 6.67 Å². The van der Waals surface area contributed by atoms with Gasteiger partial charge in [0.05, 0.1) is 5.69 Å².